The highest BCUT2D eigenvalue weighted by Gasteiger charge is 2.36. The van der Waals surface area contributed by atoms with Gasteiger partial charge in [-0.1, -0.05) is 22.6 Å². The van der Waals surface area contributed by atoms with Gasteiger partial charge in [0, 0.05) is 30.5 Å². The fourth-order valence-electron chi connectivity index (χ4n) is 4.17. The highest BCUT2D eigenvalue weighted by molar-refractivity contribution is 7.87. The second-order valence-corrected chi connectivity index (χ2v) is 11.8. The maximum atomic E-state index is 13.6. The Balaban J connectivity index is 1.65. The van der Waals surface area contributed by atoms with E-state index in [0.717, 1.165) is 17.0 Å². The van der Waals surface area contributed by atoms with E-state index in [2.05, 4.69) is 10.3 Å². The quantitative estimate of drug-likeness (QED) is 0.0949. The highest BCUT2D eigenvalue weighted by Crippen LogP contribution is 2.38. The number of halogens is 2. The number of hydrogen-bond acceptors (Lipinski definition) is 10. The van der Waals surface area contributed by atoms with Gasteiger partial charge < -0.3 is 14.2 Å². The molecular formula is C24H25Cl2N5O6S2. The molecule has 4 rings (SSSR count). The summed E-state index contributed by atoms with van der Waals surface area (Å²) in [5.41, 5.74) is 2.59. The molecule has 0 radical (unpaired) electrons. The number of anilines is 1. The van der Waals surface area contributed by atoms with Crippen LogP contribution in [0.1, 0.15) is 16.4 Å². The van der Waals surface area contributed by atoms with Gasteiger partial charge in [-0.15, -0.1) is 28.3 Å². The van der Waals surface area contributed by atoms with E-state index in [1.807, 2.05) is 4.90 Å². The van der Waals surface area contributed by atoms with Gasteiger partial charge in [-0.3, -0.25) is 10.1 Å². The molecule has 0 spiro atoms. The summed E-state index contributed by atoms with van der Waals surface area (Å²) in [6, 6.07) is 13.0. The van der Waals surface area contributed by atoms with Crippen molar-refractivity contribution in [2.75, 3.05) is 36.4 Å². The van der Waals surface area contributed by atoms with Crippen molar-refractivity contribution in [1.82, 2.24) is 15.0 Å². The normalized spacial score (nSPS) is 12.5. The molecule has 0 bridgehead atoms. The number of aromatic nitrogens is 3. The molecule has 0 amide bonds. The summed E-state index contributed by atoms with van der Waals surface area (Å²) in [7, 11) is -4.39. The molecule has 0 saturated heterocycles. The van der Waals surface area contributed by atoms with Crippen molar-refractivity contribution in [3.63, 3.8) is 0 Å². The third-order valence-electron chi connectivity index (χ3n) is 5.97. The third-order valence-corrected chi connectivity index (χ3v) is 8.73. The van der Waals surface area contributed by atoms with Gasteiger partial charge in [0.05, 0.1) is 29.2 Å². The van der Waals surface area contributed by atoms with Crippen molar-refractivity contribution in [3.8, 4) is 5.75 Å². The molecule has 2 heterocycles. The van der Waals surface area contributed by atoms with Crippen LogP contribution in [0, 0.1) is 10.1 Å². The number of fused-ring (bicyclic) bond motifs is 1. The largest absolute Gasteiger partial charge is 0.394 e. The first-order valence-corrected chi connectivity index (χ1v) is 15.2. The van der Waals surface area contributed by atoms with E-state index >= 15 is 0 Å². The Bertz CT molecular complexity index is 1520. The second kappa shape index (κ2) is 12.9. The van der Waals surface area contributed by atoms with Crippen LogP contribution in [0.4, 0.5) is 10.7 Å². The predicted molar refractivity (Wildman–Crippen MR) is 152 cm³/mol. The molecule has 0 aliphatic heterocycles. The number of benzene rings is 2. The SMILES string of the molecule is O=[N+]([O-])c1sccc1C(Cc1ccc2c(c1)nnn2CCO)S(=O)(=O)Oc1ccc(N(CCCl)CCCl)cc1. The third kappa shape index (κ3) is 6.79. The molecule has 1 N–H and O–H groups in total. The van der Waals surface area contributed by atoms with E-state index in [0.29, 0.717) is 41.4 Å². The van der Waals surface area contributed by atoms with Crippen LogP contribution in [-0.4, -0.2) is 64.9 Å². The molecule has 1 atom stereocenters. The molecule has 0 aliphatic carbocycles. The van der Waals surface area contributed by atoms with E-state index in [9.17, 15) is 23.6 Å². The van der Waals surface area contributed by atoms with Crippen molar-refractivity contribution in [3.05, 3.63) is 75.2 Å². The number of hydrogen-bond donors (Lipinski definition) is 1. The Labute approximate surface area is 238 Å². The number of nitrogens with zero attached hydrogens (tertiary/aromatic N) is 5. The molecule has 208 valence electrons. The van der Waals surface area contributed by atoms with Gasteiger partial charge in [0.1, 0.15) is 16.5 Å². The minimum Gasteiger partial charge on any atom is -0.394 e. The standard InChI is InChI=1S/C24H25Cl2N5O6S2/c25-8-10-29(11-9-26)18-2-4-19(5-3-18)37-39(35,36)23(20-7-14-38-24(20)31(33)34)16-17-1-6-22-21(15-17)27-28-30(22)12-13-32/h1-7,14-15,23,32H,8-13,16H2. The molecule has 0 saturated carbocycles. The first-order valence-electron chi connectivity index (χ1n) is 11.8. The molecule has 39 heavy (non-hydrogen) atoms. The van der Waals surface area contributed by atoms with E-state index in [1.54, 1.807) is 30.3 Å². The second-order valence-electron chi connectivity index (χ2n) is 8.43. The lowest BCUT2D eigenvalue weighted by molar-refractivity contribution is -0.380. The minimum atomic E-state index is -4.39. The number of aliphatic hydroxyl groups is 1. The van der Waals surface area contributed by atoms with Crippen LogP contribution in [-0.2, 0) is 23.1 Å². The molecule has 0 aliphatic rings. The summed E-state index contributed by atoms with van der Waals surface area (Å²) in [4.78, 5) is 13.1. The van der Waals surface area contributed by atoms with Crippen LogP contribution < -0.4 is 9.08 Å². The average molecular weight is 615 g/mol. The Morgan fingerprint density at radius 1 is 1.13 bits per heavy atom. The first-order chi connectivity index (χ1) is 18.8. The van der Waals surface area contributed by atoms with E-state index in [4.69, 9.17) is 27.4 Å². The lowest BCUT2D eigenvalue weighted by Gasteiger charge is -2.23. The zero-order valence-electron chi connectivity index (χ0n) is 20.5. The minimum absolute atomic E-state index is 0.0426. The summed E-state index contributed by atoms with van der Waals surface area (Å²) in [6.07, 6.45) is -0.0972. The Morgan fingerprint density at radius 3 is 2.49 bits per heavy atom. The van der Waals surface area contributed by atoms with Crippen molar-refractivity contribution < 1.29 is 22.6 Å². The zero-order chi connectivity index (χ0) is 28.0. The van der Waals surface area contributed by atoms with E-state index in [1.165, 1.54) is 28.3 Å². The fourth-order valence-corrected chi connectivity index (χ4v) is 6.82. The van der Waals surface area contributed by atoms with Crippen LogP contribution in [0.3, 0.4) is 0 Å². The fraction of sp³-hybridized carbons (Fsp3) is 0.333. The Kier molecular flexibility index (Phi) is 9.62. The Hall–Kier alpha value is -2.97. The number of alkyl halides is 2. The van der Waals surface area contributed by atoms with Crippen molar-refractivity contribution in [2.45, 2.75) is 18.2 Å². The molecule has 1 unspecified atom stereocenters. The van der Waals surface area contributed by atoms with Crippen LogP contribution in [0.15, 0.2) is 53.9 Å². The summed E-state index contributed by atoms with van der Waals surface area (Å²) >= 11 is 12.6. The molecule has 0 fully saturated rings. The summed E-state index contributed by atoms with van der Waals surface area (Å²) < 4.78 is 34.2. The van der Waals surface area contributed by atoms with Gasteiger partial charge in [-0.2, -0.15) is 8.42 Å². The summed E-state index contributed by atoms with van der Waals surface area (Å²) in [5.74, 6) is 0.864. The van der Waals surface area contributed by atoms with Crippen molar-refractivity contribution >= 4 is 66.4 Å². The first kappa shape index (κ1) is 29.0. The van der Waals surface area contributed by atoms with Gasteiger partial charge in [0.15, 0.2) is 0 Å². The smallest absolute Gasteiger partial charge is 0.328 e. The lowest BCUT2D eigenvalue weighted by Crippen LogP contribution is -2.27. The summed E-state index contributed by atoms with van der Waals surface area (Å²) in [6.45, 7) is 1.28. The molecule has 2 aromatic carbocycles. The highest BCUT2D eigenvalue weighted by atomic mass is 35.5. The van der Waals surface area contributed by atoms with Gasteiger partial charge in [0.25, 0.3) is 0 Å². The van der Waals surface area contributed by atoms with Gasteiger partial charge in [-0.05, 0) is 59.8 Å². The Morgan fingerprint density at radius 2 is 1.85 bits per heavy atom. The molecule has 15 heteroatoms. The average Bonchev–Trinajstić information content (AvgIpc) is 3.55. The van der Waals surface area contributed by atoms with Gasteiger partial charge in [0.2, 0.25) is 0 Å². The monoisotopic (exact) mass is 613 g/mol. The number of aliphatic hydroxyl groups excluding tert-OH is 1. The van der Waals surface area contributed by atoms with Gasteiger partial charge >= 0.3 is 15.1 Å². The van der Waals surface area contributed by atoms with Crippen LogP contribution in [0.2, 0.25) is 0 Å². The lowest BCUT2D eigenvalue weighted by atomic mass is 10.0. The van der Waals surface area contributed by atoms with Crippen LogP contribution in [0.25, 0.3) is 11.0 Å². The van der Waals surface area contributed by atoms with Crippen molar-refractivity contribution in [2.24, 2.45) is 0 Å². The topological polar surface area (TPSA) is 141 Å². The maximum Gasteiger partial charge on any atom is 0.328 e. The van der Waals surface area contributed by atoms with Gasteiger partial charge in [-0.25, -0.2) is 4.68 Å². The zero-order valence-corrected chi connectivity index (χ0v) is 23.7. The van der Waals surface area contributed by atoms with E-state index < -0.39 is 20.3 Å². The number of rotatable bonds is 14. The number of nitro groups is 1. The van der Waals surface area contributed by atoms with Crippen LogP contribution in [0.5, 0.6) is 5.75 Å². The molecule has 2 aromatic heterocycles. The molecule has 4 aromatic rings. The van der Waals surface area contributed by atoms with Crippen LogP contribution >= 0.6 is 34.5 Å². The summed E-state index contributed by atoms with van der Waals surface area (Å²) in [5, 5.41) is 28.8. The molecular weight excluding hydrogens is 589 g/mol. The predicted octanol–water partition coefficient (Wildman–Crippen LogP) is 4.37. The van der Waals surface area contributed by atoms with E-state index in [-0.39, 0.29) is 35.9 Å². The molecule has 11 nitrogen and oxygen atoms in total. The van der Waals surface area contributed by atoms with Crippen molar-refractivity contribution in [1.29, 1.82) is 0 Å². The maximum absolute atomic E-state index is 13.6. The number of thiophene rings is 1.